The number of hydrogen-bond donors (Lipinski definition) is 1. The van der Waals surface area contributed by atoms with Gasteiger partial charge in [-0.1, -0.05) is 29.3 Å². The highest BCUT2D eigenvalue weighted by atomic mass is 15.2. The Morgan fingerprint density at radius 3 is 2.52 bits per heavy atom. The van der Waals surface area contributed by atoms with E-state index in [1.54, 1.807) is 12.5 Å². The maximum absolute atomic E-state index is 4.66. The third-order valence-electron chi connectivity index (χ3n) is 4.41. The summed E-state index contributed by atoms with van der Waals surface area (Å²) < 4.78 is 1.83. The third kappa shape index (κ3) is 5.37. The van der Waals surface area contributed by atoms with Crippen molar-refractivity contribution in [3.63, 3.8) is 0 Å². The van der Waals surface area contributed by atoms with E-state index in [1.807, 2.05) is 23.8 Å². The van der Waals surface area contributed by atoms with Crippen LogP contribution >= 0.6 is 0 Å². The quantitative estimate of drug-likeness (QED) is 0.622. The lowest BCUT2D eigenvalue weighted by Crippen LogP contribution is -2.25. The number of anilines is 1. The minimum absolute atomic E-state index is 0.655. The van der Waals surface area contributed by atoms with Gasteiger partial charge in [0.25, 0.3) is 0 Å². The van der Waals surface area contributed by atoms with Crippen molar-refractivity contribution in [2.45, 2.75) is 33.7 Å². The summed E-state index contributed by atoms with van der Waals surface area (Å²) in [7, 11) is 2.07. The molecule has 0 saturated carbocycles. The number of aryl methyl sites for hydroxylation is 3. The van der Waals surface area contributed by atoms with Gasteiger partial charge in [-0.3, -0.25) is 4.57 Å². The number of nitrogens with zero attached hydrogens (tertiary/aromatic N) is 5. The molecule has 27 heavy (non-hydrogen) atoms. The van der Waals surface area contributed by atoms with Crippen LogP contribution in [0.3, 0.4) is 0 Å². The normalized spacial score (nSPS) is 11.0. The van der Waals surface area contributed by atoms with Crippen LogP contribution in [0.4, 0.5) is 5.82 Å². The van der Waals surface area contributed by atoms with Crippen LogP contribution in [-0.4, -0.2) is 39.7 Å². The summed E-state index contributed by atoms with van der Waals surface area (Å²) >= 11 is 0. The minimum atomic E-state index is 0.655. The standard InChI is InChI=1S/C21H28N6/c1-16-10-17(2)12-19(11-16)14-22-6-5-8-26(4)20-13-18(3)24-21(25-20)27-9-7-23-15-27/h7,9-13,15,22H,5-6,8,14H2,1-4H3. The Bertz CT molecular complexity index is 852. The van der Waals surface area contributed by atoms with Gasteiger partial charge in [0.15, 0.2) is 0 Å². The maximum Gasteiger partial charge on any atom is 0.237 e. The summed E-state index contributed by atoms with van der Waals surface area (Å²) in [5.41, 5.74) is 4.93. The van der Waals surface area contributed by atoms with Crippen molar-refractivity contribution in [2.75, 3.05) is 25.0 Å². The highest BCUT2D eigenvalue weighted by molar-refractivity contribution is 5.41. The predicted molar refractivity (Wildman–Crippen MR) is 109 cm³/mol. The van der Waals surface area contributed by atoms with Crippen LogP contribution < -0.4 is 10.2 Å². The van der Waals surface area contributed by atoms with Crippen LogP contribution in [0.5, 0.6) is 0 Å². The highest BCUT2D eigenvalue weighted by Crippen LogP contribution is 2.13. The fraction of sp³-hybridized carbons (Fsp3) is 0.381. The number of benzene rings is 1. The van der Waals surface area contributed by atoms with E-state index >= 15 is 0 Å². The van der Waals surface area contributed by atoms with Gasteiger partial charge in [-0.05, 0) is 39.3 Å². The molecule has 0 aliphatic carbocycles. The van der Waals surface area contributed by atoms with E-state index in [4.69, 9.17) is 0 Å². The molecule has 0 fully saturated rings. The van der Waals surface area contributed by atoms with Gasteiger partial charge in [-0.25, -0.2) is 9.97 Å². The molecule has 0 unspecified atom stereocenters. The molecule has 3 aromatic rings. The van der Waals surface area contributed by atoms with Crippen molar-refractivity contribution >= 4 is 5.82 Å². The summed E-state index contributed by atoms with van der Waals surface area (Å²) in [5.74, 6) is 1.59. The Morgan fingerprint density at radius 2 is 1.81 bits per heavy atom. The van der Waals surface area contributed by atoms with Gasteiger partial charge in [-0.15, -0.1) is 0 Å². The number of aromatic nitrogens is 4. The number of nitrogens with one attached hydrogen (secondary N) is 1. The molecule has 0 atom stereocenters. The smallest absolute Gasteiger partial charge is 0.237 e. The largest absolute Gasteiger partial charge is 0.359 e. The van der Waals surface area contributed by atoms with E-state index in [0.717, 1.165) is 37.6 Å². The first kappa shape index (κ1) is 19.0. The fourth-order valence-electron chi connectivity index (χ4n) is 3.18. The zero-order chi connectivity index (χ0) is 19.2. The van der Waals surface area contributed by atoms with Crippen LogP contribution in [0.2, 0.25) is 0 Å². The molecule has 1 N–H and O–H groups in total. The van der Waals surface area contributed by atoms with Crippen molar-refractivity contribution in [1.29, 1.82) is 0 Å². The van der Waals surface area contributed by atoms with E-state index < -0.39 is 0 Å². The second-order valence-corrected chi connectivity index (χ2v) is 7.09. The summed E-state index contributed by atoms with van der Waals surface area (Å²) in [5, 5.41) is 3.54. The lowest BCUT2D eigenvalue weighted by molar-refractivity contribution is 0.643. The monoisotopic (exact) mass is 364 g/mol. The predicted octanol–water partition coefficient (Wildman–Crippen LogP) is 3.20. The van der Waals surface area contributed by atoms with E-state index in [1.165, 1.54) is 16.7 Å². The van der Waals surface area contributed by atoms with Gasteiger partial charge in [0, 0.05) is 44.3 Å². The van der Waals surface area contributed by atoms with Crippen LogP contribution in [0.25, 0.3) is 5.95 Å². The second kappa shape index (κ2) is 8.77. The van der Waals surface area contributed by atoms with Crippen LogP contribution in [-0.2, 0) is 6.54 Å². The second-order valence-electron chi connectivity index (χ2n) is 7.09. The molecular weight excluding hydrogens is 336 g/mol. The Morgan fingerprint density at radius 1 is 1.04 bits per heavy atom. The fourth-order valence-corrected chi connectivity index (χ4v) is 3.18. The van der Waals surface area contributed by atoms with Crippen molar-refractivity contribution in [1.82, 2.24) is 24.8 Å². The van der Waals surface area contributed by atoms with Gasteiger partial charge >= 0.3 is 0 Å². The zero-order valence-corrected chi connectivity index (χ0v) is 16.6. The zero-order valence-electron chi connectivity index (χ0n) is 16.6. The first-order valence-corrected chi connectivity index (χ1v) is 9.34. The summed E-state index contributed by atoms with van der Waals surface area (Å²) in [6.45, 7) is 9.09. The van der Waals surface area contributed by atoms with Gasteiger partial charge in [0.1, 0.15) is 12.1 Å². The Balaban J connectivity index is 1.50. The molecule has 0 aliphatic rings. The maximum atomic E-state index is 4.66. The molecule has 1 aromatic carbocycles. The Kier molecular flexibility index (Phi) is 6.19. The summed E-state index contributed by atoms with van der Waals surface area (Å²) in [6, 6.07) is 8.71. The SMILES string of the molecule is Cc1cc(C)cc(CNCCCN(C)c2cc(C)nc(-n3ccnc3)n2)c1. The molecule has 6 heteroatoms. The van der Waals surface area contributed by atoms with E-state index in [-0.39, 0.29) is 0 Å². The van der Waals surface area contributed by atoms with Gasteiger partial charge in [0.2, 0.25) is 5.95 Å². The molecule has 142 valence electrons. The van der Waals surface area contributed by atoms with E-state index in [0.29, 0.717) is 5.95 Å². The topological polar surface area (TPSA) is 58.9 Å². The van der Waals surface area contributed by atoms with Gasteiger partial charge in [0.05, 0.1) is 0 Å². The first-order valence-electron chi connectivity index (χ1n) is 9.34. The minimum Gasteiger partial charge on any atom is -0.359 e. The molecule has 0 bridgehead atoms. The Hall–Kier alpha value is -2.73. The van der Waals surface area contributed by atoms with E-state index in [2.05, 4.69) is 64.3 Å². The summed E-state index contributed by atoms with van der Waals surface area (Å²) in [4.78, 5) is 15.4. The number of hydrogen-bond acceptors (Lipinski definition) is 5. The lowest BCUT2D eigenvalue weighted by atomic mass is 10.1. The molecule has 2 heterocycles. The molecule has 3 rings (SSSR count). The number of rotatable bonds is 8. The van der Waals surface area contributed by atoms with Crippen LogP contribution in [0.1, 0.15) is 28.8 Å². The van der Waals surface area contributed by atoms with Crippen molar-refractivity contribution < 1.29 is 0 Å². The molecule has 0 radical (unpaired) electrons. The molecule has 0 saturated heterocycles. The molecule has 0 amide bonds. The Labute approximate surface area is 161 Å². The molecule has 0 aliphatic heterocycles. The highest BCUT2D eigenvalue weighted by Gasteiger charge is 2.08. The first-order chi connectivity index (χ1) is 13.0. The molecule has 6 nitrogen and oxygen atoms in total. The van der Waals surface area contributed by atoms with Crippen molar-refractivity contribution in [3.05, 3.63) is 65.4 Å². The summed E-state index contributed by atoms with van der Waals surface area (Å²) in [6.07, 6.45) is 6.35. The van der Waals surface area contributed by atoms with Gasteiger partial charge < -0.3 is 10.2 Å². The molecule has 2 aromatic heterocycles. The van der Waals surface area contributed by atoms with Gasteiger partial charge in [-0.2, -0.15) is 4.98 Å². The third-order valence-corrected chi connectivity index (χ3v) is 4.41. The average molecular weight is 364 g/mol. The van der Waals surface area contributed by atoms with Crippen LogP contribution in [0.15, 0.2) is 43.0 Å². The average Bonchev–Trinajstić information content (AvgIpc) is 3.14. The van der Waals surface area contributed by atoms with Crippen LogP contribution in [0, 0.1) is 20.8 Å². The van der Waals surface area contributed by atoms with Crippen molar-refractivity contribution in [3.8, 4) is 5.95 Å². The molecule has 0 spiro atoms. The van der Waals surface area contributed by atoms with Crippen molar-refractivity contribution in [2.24, 2.45) is 0 Å². The lowest BCUT2D eigenvalue weighted by Gasteiger charge is -2.19. The van der Waals surface area contributed by atoms with E-state index in [9.17, 15) is 0 Å². The molecular formula is C21H28N6. The number of imidazole rings is 1.